The van der Waals surface area contributed by atoms with Crippen molar-refractivity contribution in [2.45, 2.75) is 50.9 Å². The first-order chi connectivity index (χ1) is 22.0. The van der Waals surface area contributed by atoms with Gasteiger partial charge in [-0.3, -0.25) is 9.59 Å². The van der Waals surface area contributed by atoms with Crippen molar-refractivity contribution >= 4 is 33.9 Å². The lowest BCUT2D eigenvalue weighted by molar-refractivity contribution is 0.0471. The second-order valence-electron chi connectivity index (χ2n) is 13.6. The number of aromatic nitrogens is 4. The number of nitrogens with two attached hydrogens (primary N) is 1. The van der Waals surface area contributed by atoms with Gasteiger partial charge in [0.2, 0.25) is 0 Å². The van der Waals surface area contributed by atoms with Crippen LogP contribution in [0.1, 0.15) is 46.4 Å². The molecule has 0 radical (unpaired) electrons. The molecule has 9 heteroatoms. The average Bonchev–Trinajstić information content (AvgIpc) is 3.41. The normalized spacial score (nSPS) is 22.9. The van der Waals surface area contributed by atoms with Crippen molar-refractivity contribution in [3.8, 4) is 11.5 Å². The third-order valence-electron chi connectivity index (χ3n) is 10.6. The zero-order valence-corrected chi connectivity index (χ0v) is 25.3. The van der Waals surface area contributed by atoms with Crippen molar-refractivity contribution in [1.29, 1.82) is 0 Å². The number of piperidine rings is 1. The molecule has 9 rings (SSSR count). The lowest BCUT2D eigenvalue weighted by atomic mass is 9.98. The summed E-state index contributed by atoms with van der Waals surface area (Å²) in [5.74, 6) is 2.40. The van der Waals surface area contributed by atoms with E-state index in [4.69, 9.17) is 15.7 Å². The third kappa shape index (κ3) is 4.47. The Hall–Kier alpha value is -4.50. The van der Waals surface area contributed by atoms with Crippen LogP contribution in [0.5, 0.6) is 0 Å². The van der Waals surface area contributed by atoms with E-state index in [1.807, 2.05) is 64.5 Å². The van der Waals surface area contributed by atoms with Crippen molar-refractivity contribution in [1.82, 2.24) is 28.9 Å². The van der Waals surface area contributed by atoms with Gasteiger partial charge in [-0.05, 0) is 86.1 Å². The Morgan fingerprint density at radius 2 is 1.62 bits per heavy atom. The number of pyridine rings is 1. The molecule has 2 aliphatic heterocycles. The van der Waals surface area contributed by atoms with E-state index in [2.05, 4.69) is 27.3 Å². The molecule has 4 aliphatic rings. The number of fused-ring (bicyclic) bond motifs is 4. The minimum atomic E-state index is 0.0526. The van der Waals surface area contributed by atoms with E-state index >= 15 is 0 Å². The number of amides is 2. The van der Waals surface area contributed by atoms with Gasteiger partial charge in [0.15, 0.2) is 5.82 Å². The standard InChI is InChI=1S/C36H37N7O2/c37-32-27-11-13-30(32)43(21-27)36(45)26-10-12-29-28(15-26)39-34(31-16-25-7-4-14-38-33(25)42(31)19-22-8-9-22)41(29)20-23-17-40(18-23)35(44)24-5-2-1-3-6-24/h1-7,10,12,14-16,22-23,27,30,32H,8-9,11,13,17-21,37H2/t27?,30?,32-/m1/s1. The second kappa shape index (κ2) is 10.3. The number of carbonyl (C=O) groups excluding carboxylic acids is 2. The first kappa shape index (κ1) is 26.9. The zero-order valence-electron chi connectivity index (χ0n) is 25.3. The third-order valence-corrected chi connectivity index (χ3v) is 10.6. The van der Waals surface area contributed by atoms with Crippen LogP contribution in [0.2, 0.25) is 0 Å². The summed E-state index contributed by atoms with van der Waals surface area (Å²) in [6, 6.07) is 22.0. The zero-order chi connectivity index (χ0) is 30.2. The smallest absolute Gasteiger partial charge is 0.254 e. The minimum Gasteiger partial charge on any atom is -0.338 e. The average molecular weight is 600 g/mol. The molecule has 2 bridgehead atoms. The highest BCUT2D eigenvalue weighted by Gasteiger charge is 2.47. The quantitative estimate of drug-likeness (QED) is 0.290. The van der Waals surface area contributed by atoms with Crippen LogP contribution in [0.4, 0.5) is 0 Å². The molecule has 2 saturated carbocycles. The molecular formula is C36H37N7O2. The molecule has 9 nitrogen and oxygen atoms in total. The summed E-state index contributed by atoms with van der Waals surface area (Å²) in [6.07, 6.45) is 6.44. The lowest BCUT2D eigenvalue weighted by Crippen LogP contribution is -2.51. The van der Waals surface area contributed by atoms with E-state index in [0.29, 0.717) is 36.4 Å². The largest absolute Gasteiger partial charge is 0.338 e. The number of carbonyl (C=O) groups is 2. The van der Waals surface area contributed by atoms with Crippen LogP contribution < -0.4 is 5.73 Å². The number of imidazole rings is 1. The van der Waals surface area contributed by atoms with E-state index in [9.17, 15) is 9.59 Å². The van der Waals surface area contributed by atoms with Crippen molar-refractivity contribution in [3.05, 3.63) is 84.1 Å². The summed E-state index contributed by atoms with van der Waals surface area (Å²) in [7, 11) is 0. The minimum absolute atomic E-state index is 0.0526. The van der Waals surface area contributed by atoms with Crippen LogP contribution in [-0.2, 0) is 13.1 Å². The van der Waals surface area contributed by atoms with Gasteiger partial charge in [-0.25, -0.2) is 9.97 Å². The van der Waals surface area contributed by atoms with Crippen LogP contribution in [0.3, 0.4) is 0 Å². The van der Waals surface area contributed by atoms with Gasteiger partial charge < -0.3 is 24.7 Å². The van der Waals surface area contributed by atoms with Gasteiger partial charge in [-0.2, -0.15) is 0 Å². The highest BCUT2D eigenvalue weighted by molar-refractivity contribution is 5.98. The predicted molar refractivity (Wildman–Crippen MR) is 173 cm³/mol. The SMILES string of the molecule is N[C@@H]1C2CCC1N(C(=O)c1ccc3c(c1)nc(-c1cc4cccnc4n1CC1CC1)n3CC1CN(C(=O)c3ccccc3)C1)C2. The Bertz CT molecular complexity index is 1950. The van der Waals surface area contributed by atoms with Crippen molar-refractivity contribution < 1.29 is 9.59 Å². The molecule has 45 heavy (non-hydrogen) atoms. The van der Waals surface area contributed by atoms with E-state index in [0.717, 1.165) is 71.6 Å². The van der Waals surface area contributed by atoms with Crippen LogP contribution in [-0.4, -0.2) is 72.4 Å². The predicted octanol–water partition coefficient (Wildman–Crippen LogP) is 4.80. The van der Waals surface area contributed by atoms with E-state index in [1.54, 1.807) is 0 Å². The Labute approximate surface area is 261 Å². The number of hydrogen-bond donors (Lipinski definition) is 1. The van der Waals surface area contributed by atoms with Gasteiger partial charge in [0.05, 0.1) is 16.7 Å². The van der Waals surface area contributed by atoms with E-state index in [1.165, 1.54) is 12.8 Å². The fourth-order valence-electron chi connectivity index (χ4n) is 7.98. The van der Waals surface area contributed by atoms with Gasteiger partial charge in [-0.15, -0.1) is 0 Å². The Morgan fingerprint density at radius 1 is 0.800 bits per heavy atom. The Morgan fingerprint density at radius 3 is 2.38 bits per heavy atom. The van der Waals surface area contributed by atoms with E-state index in [-0.39, 0.29) is 23.9 Å². The second-order valence-corrected chi connectivity index (χ2v) is 13.6. The molecule has 3 atom stereocenters. The van der Waals surface area contributed by atoms with Crippen LogP contribution in [0, 0.1) is 17.8 Å². The highest BCUT2D eigenvalue weighted by Crippen LogP contribution is 2.39. The first-order valence-corrected chi connectivity index (χ1v) is 16.4. The maximum atomic E-state index is 13.7. The molecule has 2 aromatic carbocycles. The molecular weight excluding hydrogens is 562 g/mol. The van der Waals surface area contributed by atoms with Crippen LogP contribution >= 0.6 is 0 Å². The number of likely N-dealkylation sites (tertiary alicyclic amines) is 2. The van der Waals surface area contributed by atoms with E-state index < -0.39 is 0 Å². The molecule has 0 spiro atoms. The molecule has 2 N–H and O–H groups in total. The molecule has 2 saturated heterocycles. The molecule has 2 unspecified atom stereocenters. The van der Waals surface area contributed by atoms with Crippen LogP contribution in [0.15, 0.2) is 72.9 Å². The molecule has 5 heterocycles. The summed E-state index contributed by atoms with van der Waals surface area (Å²) in [5, 5.41) is 1.10. The molecule has 5 aromatic rings. The van der Waals surface area contributed by atoms with Crippen molar-refractivity contribution in [3.63, 3.8) is 0 Å². The number of nitrogens with zero attached hydrogens (tertiary/aromatic N) is 6. The van der Waals surface area contributed by atoms with Crippen LogP contribution in [0.25, 0.3) is 33.6 Å². The number of rotatable bonds is 7. The lowest BCUT2D eigenvalue weighted by Gasteiger charge is -2.39. The molecule has 2 amide bonds. The number of hydrogen-bond acceptors (Lipinski definition) is 5. The molecule has 228 valence electrons. The maximum Gasteiger partial charge on any atom is 0.254 e. The highest BCUT2D eigenvalue weighted by atomic mass is 16.2. The Balaban J connectivity index is 1.08. The van der Waals surface area contributed by atoms with Gasteiger partial charge in [0, 0.05) is 73.4 Å². The fraction of sp³-hybridized carbons (Fsp3) is 0.389. The van der Waals surface area contributed by atoms with Gasteiger partial charge in [0.25, 0.3) is 11.8 Å². The Kier molecular flexibility index (Phi) is 6.13. The number of benzene rings is 2. The van der Waals surface area contributed by atoms with Crippen molar-refractivity contribution in [2.75, 3.05) is 19.6 Å². The summed E-state index contributed by atoms with van der Waals surface area (Å²) < 4.78 is 4.65. The molecule has 2 aliphatic carbocycles. The maximum absolute atomic E-state index is 13.7. The monoisotopic (exact) mass is 599 g/mol. The van der Waals surface area contributed by atoms with Gasteiger partial charge in [-0.1, -0.05) is 18.2 Å². The summed E-state index contributed by atoms with van der Waals surface area (Å²) >= 11 is 0. The fourth-order valence-corrected chi connectivity index (χ4v) is 7.98. The summed E-state index contributed by atoms with van der Waals surface area (Å²) in [4.78, 5) is 40.7. The first-order valence-electron chi connectivity index (χ1n) is 16.4. The topological polar surface area (TPSA) is 102 Å². The molecule has 4 fully saturated rings. The summed E-state index contributed by atoms with van der Waals surface area (Å²) in [5.41, 5.74) is 11.7. The molecule has 3 aromatic heterocycles. The van der Waals surface area contributed by atoms with Gasteiger partial charge >= 0.3 is 0 Å². The summed E-state index contributed by atoms with van der Waals surface area (Å²) in [6.45, 7) is 3.81. The van der Waals surface area contributed by atoms with Crippen molar-refractivity contribution in [2.24, 2.45) is 23.5 Å². The van der Waals surface area contributed by atoms with Gasteiger partial charge in [0.1, 0.15) is 5.65 Å².